The summed E-state index contributed by atoms with van der Waals surface area (Å²) in [4.78, 5) is 17.1. The van der Waals surface area contributed by atoms with Crippen molar-refractivity contribution >= 4 is 17.2 Å². The normalized spacial score (nSPS) is 13.4. The maximum atomic E-state index is 12.3. The van der Waals surface area contributed by atoms with Gasteiger partial charge in [0.2, 0.25) is 0 Å². The summed E-state index contributed by atoms with van der Waals surface area (Å²) in [6, 6.07) is 0. The number of amides is 1. The molecule has 0 saturated carbocycles. The van der Waals surface area contributed by atoms with Gasteiger partial charge in [-0.05, 0) is 5.92 Å². The molecular weight excluding hydrogens is 302 g/mol. The lowest BCUT2D eigenvalue weighted by atomic mass is 10.2. The number of nitrogens with zero attached hydrogens (tertiary/aromatic N) is 2. The van der Waals surface area contributed by atoms with Gasteiger partial charge in [0.1, 0.15) is 18.1 Å². The maximum absolute atomic E-state index is 12.3. The summed E-state index contributed by atoms with van der Waals surface area (Å²) >= 11 is 1.34. The number of hydrogen-bond donors (Lipinski definition) is 1. The van der Waals surface area contributed by atoms with Crippen LogP contribution in [-0.2, 0) is 13.1 Å². The molecule has 0 bridgehead atoms. The molecule has 0 radical (unpaired) electrons. The highest BCUT2D eigenvalue weighted by molar-refractivity contribution is 7.12. The lowest BCUT2D eigenvalue weighted by Crippen LogP contribution is -2.25. The first-order valence-corrected chi connectivity index (χ1v) is 8.17. The zero-order valence-corrected chi connectivity index (χ0v) is 13.5. The Morgan fingerprint density at radius 1 is 1.45 bits per heavy atom. The fourth-order valence-electron chi connectivity index (χ4n) is 2.32. The van der Waals surface area contributed by atoms with Crippen molar-refractivity contribution < 1.29 is 14.3 Å². The minimum Gasteiger partial charge on any atom is -0.485 e. The Kier molecular flexibility index (Phi) is 4.33. The molecule has 0 saturated heterocycles. The van der Waals surface area contributed by atoms with Gasteiger partial charge in [-0.1, -0.05) is 13.8 Å². The average molecular weight is 321 g/mol. The second-order valence-corrected chi connectivity index (χ2v) is 6.45. The van der Waals surface area contributed by atoms with Gasteiger partial charge in [0.05, 0.1) is 18.6 Å². The molecule has 22 heavy (non-hydrogen) atoms. The molecule has 1 amide bonds. The SMILES string of the molecule is CC(C)Cn1cncc1CNC(=O)c1scc2c1OCCO2. The molecule has 7 heteroatoms. The van der Waals surface area contributed by atoms with E-state index in [4.69, 9.17) is 9.47 Å². The van der Waals surface area contributed by atoms with E-state index >= 15 is 0 Å². The molecule has 3 rings (SSSR count). The van der Waals surface area contributed by atoms with Crippen molar-refractivity contribution in [3.8, 4) is 11.5 Å². The Morgan fingerprint density at radius 2 is 2.27 bits per heavy atom. The fraction of sp³-hybridized carbons (Fsp3) is 0.467. The van der Waals surface area contributed by atoms with Crippen LogP contribution in [-0.4, -0.2) is 28.7 Å². The monoisotopic (exact) mass is 321 g/mol. The van der Waals surface area contributed by atoms with Crippen molar-refractivity contribution in [2.75, 3.05) is 13.2 Å². The first-order chi connectivity index (χ1) is 10.6. The number of fused-ring (bicyclic) bond motifs is 1. The highest BCUT2D eigenvalue weighted by Crippen LogP contribution is 2.39. The van der Waals surface area contributed by atoms with Crippen molar-refractivity contribution in [2.24, 2.45) is 5.92 Å². The highest BCUT2D eigenvalue weighted by atomic mass is 32.1. The van der Waals surface area contributed by atoms with Crippen LogP contribution in [0.3, 0.4) is 0 Å². The van der Waals surface area contributed by atoms with Gasteiger partial charge in [-0.25, -0.2) is 4.98 Å². The predicted octanol–water partition coefficient (Wildman–Crippen LogP) is 2.30. The Balaban J connectivity index is 1.66. The number of hydrogen-bond acceptors (Lipinski definition) is 5. The predicted molar refractivity (Wildman–Crippen MR) is 83.5 cm³/mol. The summed E-state index contributed by atoms with van der Waals surface area (Å²) in [6.07, 6.45) is 3.58. The van der Waals surface area contributed by atoms with Gasteiger partial charge < -0.3 is 19.4 Å². The molecule has 1 N–H and O–H groups in total. The third-order valence-corrected chi connectivity index (χ3v) is 4.24. The van der Waals surface area contributed by atoms with Gasteiger partial charge in [0.15, 0.2) is 11.5 Å². The van der Waals surface area contributed by atoms with Crippen LogP contribution in [0.25, 0.3) is 0 Å². The lowest BCUT2D eigenvalue weighted by Gasteiger charge is -2.16. The minimum absolute atomic E-state index is 0.144. The van der Waals surface area contributed by atoms with Crippen molar-refractivity contribution in [1.82, 2.24) is 14.9 Å². The van der Waals surface area contributed by atoms with Crippen LogP contribution in [0, 0.1) is 5.92 Å². The summed E-state index contributed by atoms with van der Waals surface area (Å²) in [7, 11) is 0. The third kappa shape index (κ3) is 3.09. The number of thiophene rings is 1. The van der Waals surface area contributed by atoms with Gasteiger partial charge in [-0.2, -0.15) is 0 Å². The number of ether oxygens (including phenoxy) is 2. The van der Waals surface area contributed by atoms with E-state index in [1.165, 1.54) is 11.3 Å². The summed E-state index contributed by atoms with van der Waals surface area (Å²) in [6.45, 7) is 6.63. The van der Waals surface area contributed by atoms with E-state index in [2.05, 4.69) is 28.7 Å². The van der Waals surface area contributed by atoms with E-state index in [0.717, 1.165) is 12.2 Å². The topological polar surface area (TPSA) is 65.4 Å². The maximum Gasteiger partial charge on any atom is 0.265 e. The molecule has 0 fully saturated rings. The second-order valence-electron chi connectivity index (χ2n) is 5.57. The molecule has 1 aliphatic rings. The van der Waals surface area contributed by atoms with E-state index < -0.39 is 0 Å². The zero-order valence-electron chi connectivity index (χ0n) is 12.7. The number of carbonyl (C=O) groups excluding carboxylic acids is 1. The van der Waals surface area contributed by atoms with Crippen molar-refractivity contribution in [3.63, 3.8) is 0 Å². The van der Waals surface area contributed by atoms with Gasteiger partial charge in [0.25, 0.3) is 5.91 Å². The van der Waals surface area contributed by atoms with Crippen molar-refractivity contribution in [1.29, 1.82) is 0 Å². The Morgan fingerprint density at radius 3 is 3.09 bits per heavy atom. The molecule has 2 aromatic heterocycles. The fourth-order valence-corrected chi connectivity index (χ4v) is 3.17. The molecule has 0 aromatic carbocycles. The Labute approximate surface area is 133 Å². The van der Waals surface area contributed by atoms with E-state index in [-0.39, 0.29) is 5.91 Å². The molecule has 0 aliphatic carbocycles. The van der Waals surface area contributed by atoms with Crippen LogP contribution in [0.1, 0.15) is 29.2 Å². The molecule has 0 unspecified atom stereocenters. The quantitative estimate of drug-likeness (QED) is 0.918. The number of imidazole rings is 1. The Bertz CT molecular complexity index is 663. The standard InChI is InChI=1S/C15H19N3O3S/c1-10(2)7-18-9-16-5-11(18)6-17-15(19)14-13-12(8-22-14)20-3-4-21-13/h5,8-10H,3-4,6-7H2,1-2H3,(H,17,19). The van der Waals surface area contributed by atoms with Crippen LogP contribution in [0.5, 0.6) is 11.5 Å². The second kappa shape index (κ2) is 6.39. The van der Waals surface area contributed by atoms with Gasteiger partial charge in [0, 0.05) is 18.1 Å². The summed E-state index contributed by atoms with van der Waals surface area (Å²) in [5, 5.41) is 4.74. The number of aromatic nitrogens is 2. The molecule has 0 atom stereocenters. The van der Waals surface area contributed by atoms with Crippen LogP contribution in [0.15, 0.2) is 17.9 Å². The number of nitrogens with one attached hydrogen (secondary N) is 1. The van der Waals surface area contributed by atoms with Gasteiger partial charge >= 0.3 is 0 Å². The molecule has 118 valence electrons. The van der Waals surface area contributed by atoms with Crippen LogP contribution in [0.4, 0.5) is 0 Å². The Hall–Kier alpha value is -2.02. The molecule has 3 heterocycles. The number of rotatable bonds is 5. The van der Waals surface area contributed by atoms with Crippen LogP contribution < -0.4 is 14.8 Å². The van der Waals surface area contributed by atoms with Crippen LogP contribution in [0.2, 0.25) is 0 Å². The first kappa shape index (κ1) is 14.9. The molecule has 1 aliphatic heterocycles. The molecule has 0 spiro atoms. The summed E-state index contributed by atoms with van der Waals surface area (Å²) in [5.74, 6) is 1.60. The summed E-state index contributed by atoms with van der Waals surface area (Å²) < 4.78 is 13.1. The van der Waals surface area contributed by atoms with Crippen LogP contribution >= 0.6 is 11.3 Å². The van der Waals surface area contributed by atoms with Gasteiger partial charge in [-0.15, -0.1) is 11.3 Å². The van der Waals surface area contributed by atoms with E-state index in [0.29, 0.717) is 42.1 Å². The minimum atomic E-state index is -0.144. The van der Waals surface area contributed by atoms with Gasteiger partial charge in [-0.3, -0.25) is 4.79 Å². The lowest BCUT2D eigenvalue weighted by molar-refractivity contribution is 0.0945. The van der Waals surface area contributed by atoms with Crippen molar-refractivity contribution in [2.45, 2.75) is 26.9 Å². The summed E-state index contributed by atoms with van der Waals surface area (Å²) in [5.41, 5.74) is 0.990. The molecule has 6 nitrogen and oxygen atoms in total. The van der Waals surface area contributed by atoms with E-state index in [1.54, 1.807) is 12.5 Å². The third-order valence-electron chi connectivity index (χ3n) is 3.30. The number of carbonyl (C=O) groups is 1. The first-order valence-electron chi connectivity index (χ1n) is 7.29. The molecule has 2 aromatic rings. The van der Waals surface area contributed by atoms with E-state index in [9.17, 15) is 4.79 Å². The molecular formula is C15H19N3O3S. The van der Waals surface area contributed by atoms with E-state index in [1.807, 2.05) is 5.38 Å². The largest absolute Gasteiger partial charge is 0.485 e. The average Bonchev–Trinajstić information content (AvgIpc) is 3.11. The highest BCUT2D eigenvalue weighted by Gasteiger charge is 2.23. The smallest absolute Gasteiger partial charge is 0.265 e. The zero-order chi connectivity index (χ0) is 15.5. The van der Waals surface area contributed by atoms with Crippen molar-refractivity contribution in [3.05, 3.63) is 28.5 Å².